The van der Waals surface area contributed by atoms with Gasteiger partial charge in [-0.2, -0.15) is 0 Å². The number of hydrogen-bond acceptors (Lipinski definition) is 3. The smallest absolute Gasteiger partial charge is 0.407 e. The number of fused-ring (bicyclic) bond motifs is 3. The zero-order chi connectivity index (χ0) is 20.8. The van der Waals surface area contributed by atoms with Crippen molar-refractivity contribution in [3.05, 3.63) is 89.5 Å². The Bertz CT molecular complexity index is 1060. The Morgan fingerprint density at radius 1 is 0.933 bits per heavy atom. The van der Waals surface area contributed by atoms with E-state index in [1.54, 1.807) is 0 Å². The molecule has 30 heavy (non-hydrogen) atoms. The van der Waals surface area contributed by atoms with E-state index < -0.39 is 6.09 Å². The van der Waals surface area contributed by atoms with Crippen molar-refractivity contribution >= 4 is 6.09 Å². The average Bonchev–Trinajstić information content (AvgIpc) is 3.10. The van der Waals surface area contributed by atoms with E-state index in [-0.39, 0.29) is 12.5 Å². The average molecular weight is 397 g/mol. The lowest BCUT2D eigenvalue weighted by atomic mass is 9.98. The zero-order valence-corrected chi connectivity index (χ0v) is 16.9. The molecule has 3 aromatic carbocycles. The fourth-order valence-electron chi connectivity index (χ4n) is 3.76. The van der Waals surface area contributed by atoms with Crippen LogP contribution in [0.1, 0.15) is 29.5 Å². The lowest BCUT2D eigenvalue weighted by Crippen LogP contribution is -2.26. The largest absolute Gasteiger partial charge is 0.493 e. The van der Waals surface area contributed by atoms with Crippen LogP contribution in [-0.2, 0) is 4.74 Å². The van der Waals surface area contributed by atoms with E-state index in [1.807, 2.05) is 55.5 Å². The third-order valence-corrected chi connectivity index (χ3v) is 5.07. The topological polar surface area (TPSA) is 47.6 Å². The Labute approximate surface area is 176 Å². The fourth-order valence-corrected chi connectivity index (χ4v) is 3.76. The van der Waals surface area contributed by atoms with Crippen molar-refractivity contribution in [2.75, 3.05) is 19.8 Å². The Hall–Kier alpha value is -3.71. The lowest BCUT2D eigenvalue weighted by Gasteiger charge is -2.14. The monoisotopic (exact) mass is 397 g/mol. The van der Waals surface area contributed by atoms with Gasteiger partial charge in [-0.3, -0.25) is 0 Å². The molecule has 150 valence electrons. The molecule has 0 radical (unpaired) electrons. The van der Waals surface area contributed by atoms with Crippen LogP contribution in [-0.4, -0.2) is 25.9 Å². The van der Waals surface area contributed by atoms with E-state index in [2.05, 4.69) is 41.4 Å². The van der Waals surface area contributed by atoms with Crippen molar-refractivity contribution in [2.45, 2.75) is 12.8 Å². The Morgan fingerprint density at radius 3 is 2.27 bits per heavy atom. The molecule has 4 heteroatoms. The molecule has 0 heterocycles. The molecule has 0 aliphatic heterocycles. The first-order chi connectivity index (χ1) is 14.8. The van der Waals surface area contributed by atoms with E-state index in [4.69, 9.17) is 9.47 Å². The van der Waals surface area contributed by atoms with Crippen molar-refractivity contribution in [1.29, 1.82) is 0 Å². The van der Waals surface area contributed by atoms with E-state index in [0.29, 0.717) is 13.2 Å². The second kappa shape index (κ2) is 9.19. The lowest BCUT2D eigenvalue weighted by molar-refractivity contribution is 0.144. The molecule has 1 aliphatic rings. The van der Waals surface area contributed by atoms with Crippen LogP contribution >= 0.6 is 0 Å². The van der Waals surface area contributed by atoms with Gasteiger partial charge in [0, 0.05) is 5.92 Å². The Morgan fingerprint density at radius 2 is 1.57 bits per heavy atom. The predicted molar refractivity (Wildman–Crippen MR) is 118 cm³/mol. The van der Waals surface area contributed by atoms with Gasteiger partial charge in [0.15, 0.2) is 0 Å². The van der Waals surface area contributed by atoms with Crippen LogP contribution < -0.4 is 10.1 Å². The van der Waals surface area contributed by atoms with Crippen molar-refractivity contribution in [1.82, 2.24) is 5.32 Å². The van der Waals surface area contributed by atoms with E-state index in [0.717, 1.165) is 11.3 Å². The van der Waals surface area contributed by atoms with Crippen LogP contribution in [0.15, 0.2) is 72.8 Å². The molecule has 0 unspecified atom stereocenters. The molecular weight excluding hydrogens is 374 g/mol. The summed E-state index contributed by atoms with van der Waals surface area (Å²) in [6.45, 7) is 3.01. The third-order valence-electron chi connectivity index (χ3n) is 5.07. The molecule has 1 N–H and O–H groups in total. The van der Waals surface area contributed by atoms with Gasteiger partial charge in [0.05, 0.1) is 18.7 Å². The van der Waals surface area contributed by atoms with Crippen molar-refractivity contribution in [3.8, 4) is 28.7 Å². The first kappa shape index (κ1) is 19.6. The maximum absolute atomic E-state index is 12.2. The second-order valence-electron chi connectivity index (χ2n) is 6.91. The normalized spacial score (nSPS) is 11.6. The summed E-state index contributed by atoms with van der Waals surface area (Å²) in [5, 5.41) is 2.70. The molecule has 0 saturated carbocycles. The van der Waals surface area contributed by atoms with Crippen LogP contribution in [0.25, 0.3) is 11.1 Å². The SMILES string of the molecule is CCOc1ccccc1C#CCNC(=O)OCC1c2ccccc2-c2ccccc21. The Balaban J connectivity index is 1.35. The van der Waals surface area contributed by atoms with Gasteiger partial charge in [-0.1, -0.05) is 72.5 Å². The van der Waals surface area contributed by atoms with Gasteiger partial charge in [-0.05, 0) is 41.3 Å². The highest BCUT2D eigenvalue weighted by Gasteiger charge is 2.28. The number of rotatable bonds is 5. The number of para-hydroxylation sites is 1. The minimum absolute atomic E-state index is 0.0484. The quantitative estimate of drug-likeness (QED) is 0.618. The molecule has 1 aliphatic carbocycles. The minimum Gasteiger partial charge on any atom is -0.493 e. The maximum atomic E-state index is 12.2. The van der Waals surface area contributed by atoms with E-state index in [1.165, 1.54) is 22.3 Å². The first-order valence-corrected chi connectivity index (χ1v) is 10.1. The van der Waals surface area contributed by atoms with E-state index >= 15 is 0 Å². The van der Waals surface area contributed by atoms with Crippen LogP contribution in [0.4, 0.5) is 4.79 Å². The van der Waals surface area contributed by atoms with Gasteiger partial charge in [0.25, 0.3) is 0 Å². The number of carbonyl (C=O) groups excluding carboxylic acids is 1. The second-order valence-corrected chi connectivity index (χ2v) is 6.91. The molecule has 4 rings (SSSR count). The third kappa shape index (κ3) is 4.16. The van der Waals surface area contributed by atoms with Crippen molar-refractivity contribution < 1.29 is 14.3 Å². The molecule has 4 nitrogen and oxygen atoms in total. The molecule has 0 fully saturated rings. The summed E-state index contributed by atoms with van der Waals surface area (Å²) >= 11 is 0. The summed E-state index contributed by atoms with van der Waals surface area (Å²) in [5.74, 6) is 6.77. The maximum Gasteiger partial charge on any atom is 0.407 e. The van der Waals surface area contributed by atoms with Crippen LogP contribution in [0.3, 0.4) is 0 Å². The molecule has 0 saturated heterocycles. The van der Waals surface area contributed by atoms with Crippen LogP contribution in [0.5, 0.6) is 5.75 Å². The highest BCUT2D eigenvalue weighted by Crippen LogP contribution is 2.44. The molecule has 0 atom stereocenters. The van der Waals surface area contributed by atoms with Gasteiger partial charge in [0.2, 0.25) is 0 Å². The summed E-state index contributed by atoms with van der Waals surface area (Å²) in [5.41, 5.74) is 5.60. The number of ether oxygens (including phenoxy) is 2. The number of amides is 1. The zero-order valence-electron chi connectivity index (χ0n) is 16.9. The number of benzene rings is 3. The summed E-state index contributed by atoms with van der Waals surface area (Å²) in [6.07, 6.45) is -0.468. The van der Waals surface area contributed by atoms with Crippen molar-refractivity contribution in [3.63, 3.8) is 0 Å². The number of alkyl carbamates (subject to hydrolysis) is 1. The molecule has 0 aromatic heterocycles. The molecule has 0 spiro atoms. The van der Waals surface area contributed by atoms with Gasteiger partial charge >= 0.3 is 6.09 Å². The molecule has 3 aromatic rings. The summed E-state index contributed by atoms with van der Waals surface area (Å²) in [4.78, 5) is 12.2. The van der Waals surface area contributed by atoms with Gasteiger partial charge < -0.3 is 14.8 Å². The number of hydrogen-bond donors (Lipinski definition) is 1. The standard InChI is InChI=1S/C26H23NO3/c1-2-29-25-16-8-3-10-19(25)11-9-17-27-26(28)30-18-24-22-14-6-4-12-20(22)21-13-5-7-15-23(21)24/h3-8,10,12-16,24H,2,17-18H2,1H3,(H,27,28). The first-order valence-electron chi connectivity index (χ1n) is 10.1. The minimum atomic E-state index is -0.468. The van der Waals surface area contributed by atoms with E-state index in [9.17, 15) is 4.79 Å². The summed E-state index contributed by atoms with van der Waals surface area (Å²) < 4.78 is 11.1. The van der Waals surface area contributed by atoms with Gasteiger partial charge in [0.1, 0.15) is 12.4 Å². The van der Waals surface area contributed by atoms with Crippen molar-refractivity contribution in [2.24, 2.45) is 0 Å². The molecule has 0 bridgehead atoms. The number of carbonyl (C=O) groups is 1. The molecular formula is C26H23NO3. The van der Waals surface area contributed by atoms with Gasteiger partial charge in [-0.25, -0.2) is 4.79 Å². The highest BCUT2D eigenvalue weighted by atomic mass is 16.5. The van der Waals surface area contributed by atoms with Crippen LogP contribution in [0.2, 0.25) is 0 Å². The summed E-state index contributed by atoms with van der Waals surface area (Å²) in [7, 11) is 0. The fraction of sp³-hybridized carbons (Fsp3) is 0.192. The number of nitrogens with one attached hydrogen (secondary N) is 1. The predicted octanol–water partition coefficient (Wildman–Crippen LogP) is 4.98. The Kier molecular flexibility index (Phi) is 6.01. The van der Waals surface area contributed by atoms with Crippen LogP contribution in [0, 0.1) is 11.8 Å². The molecule has 1 amide bonds. The highest BCUT2D eigenvalue weighted by molar-refractivity contribution is 5.79. The summed E-state index contributed by atoms with van der Waals surface area (Å²) in [6, 6.07) is 24.1. The van der Waals surface area contributed by atoms with Gasteiger partial charge in [-0.15, -0.1) is 0 Å².